The molecule has 30 heavy (non-hydrogen) atoms. The number of thiazole rings is 1. The van der Waals surface area contributed by atoms with Crippen molar-refractivity contribution in [1.29, 1.82) is 0 Å². The molecule has 0 fully saturated rings. The molecule has 2 aromatic heterocycles. The lowest BCUT2D eigenvalue weighted by atomic mass is 10.2. The summed E-state index contributed by atoms with van der Waals surface area (Å²) in [6.45, 7) is 0.944. The Hall–Kier alpha value is -3.31. The SMILES string of the molecule is O=C(CSc1nnc2sc3ccccc3n12)NC(=O)Nc1ccc2c(c1)OCCO2. The van der Waals surface area contributed by atoms with Gasteiger partial charge >= 0.3 is 6.03 Å². The van der Waals surface area contributed by atoms with E-state index in [4.69, 9.17) is 9.47 Å². The molecule has 0 unspecified atom stereocenters. The molecule has 9 nitrogen and oxygen atoms in total. The summed E-state index contributed by atoms with van der Waals surface area (Å²) in [6, 6.07) is 12.3. The van der Waals surface area contributed by atoms with E-state index in [1.807, 2.05) is 28.7 Å². The van der Waals surface area contributed by atoms with Crippen molar-refractivity contribution < 1.29 is 19.1 Å². The predicted molar refractivity (Wildman–Crippen MR) is 114 cm³/mol. The molecule has 2 aromatic carbocycles. The van der Waals surface area contributed by atoms with Crippen molar-refractivity contribution in [3.8, 4) is 11.5 Å². The van der Waals surface area contributed by atoms with E-state index in [9.17, 15) is 9.59 Å². The summed E-state index contributed by atoms with van der Waals surface area (Å²) in [5.74, 6) is 0.769. The molecule has 3 amide bonds. The fourth-order valence-electron chi connectivity index (χ4n) is 3.03. The van der Waals surface area contributed by atoms with Crippen molar-refractivity contribution in [1.82, 2.24) is 19.9 Å². The monoisotopic (exact) mass is 441 g/mol. The van der Waals surface area contributed by atoms with Crippen molar-refractivity contribution in [3.05, 3.63) is 42.5 Å². The molecule has 0 aliphatic carbocycles. The van der Waals surface area contributed by atoms with Crippen LogP contribution in [-0.2, 0) is 4.79 Å². The fourth-order valence-corrected chi connectivity index (χ4v) is 4.79. The van der Waals surface area contributed by atoms with Gasteiger partial charge in [-0.15, -0.1) is 10.2 Å². The zero-order valence-electron chi connectivity index (χ0n) is 15.5. The average Bonchev–Trinajstić information content (AvgIpc) is 3.31. The lowest BCUT2D eigenvalue weighted by Gasteiger charge is -2.19. The third-order valence-corrected chi connectivity index (χ3v) is 6.24. The van der Waals surface area contributed by atoms with Gasteiger partial charge in [-0.05, 0) is 24.3 Å². The van der Waals surface area contributed by atoms with Gasteiger partial charge in [0.2, 0.25) is 10.9 Å². The summed E-state index contributed by atoms with van der Waals surface area (Å²) in [5.41, 5.74) is 1.49. The van der Waals surface area contributed by atoms with Crippen LogP contribution >= 0.6 is 23.1 Å². The third-order valence-electron chi connectivity index (χ3n) is 4.30. The summed E-state index contributed by atoms with van der Waals surface area (Å²) >= 11 is 2.75. The quantitative estimate of drug-likeness (QED) is 0.469. The number of benzene rings is 2. The van der Waals surface area contributed by atoms with Crippen LogP contribution in [0.25, 0.3) is 15.2 Å². The molecule has 0 atom stereocenters. The zero-order chi connectivity index (χ0) is 20.5. The number of nitrogens with one attached hydrogen (secondary N) is 2. The van der Waals surface area contributed by atoms with Crippen LogP contribution in [0.5, 0.6) is 11.5 Å². The highest BCUT2D eigenvalue weighted by Gasteiger charge is 2.16. The van der Waals surface area contributed by atoms with E-state index in [0.717, 1.165) is 15.2 Å². The Morgan fingerprint density at radius 1 is 1.10 bits per heavy atom. The van der Waals surface area contributed by atoms with Gasteiger partial charge in [-0.25, -0.2) is 4.79 Å². The van der Waals surface area contributed by atoms with Gasteiger partial charge in [-0.3, -0.25) is 14.5 Å². The molecule has 11 heteroatoms. The standard InChI is InChI=1S/C19H15N5O4S2/c25-16(21-17(26)20-11-5-6-13-14(9-11)28-8-7-27-13)10-29-18-22-23-19-24(18)12-3-1-2-4-15(12)30-19/h1-6,9H,7-8,10H2,(H2,20,21,25,26). The van der Waals surface area contributed by atoms with E-state index in [0.29, 0.717) is 35.6 Å². The minimum Gasteiger partial charge on any atom is -0.486 e. The van der Waals surface area contributed by atoms with E-state index >= 15 is 0 Å². The molecule has 0 spiro atoms. The molecular formula is C19H15N5O4S2. The number of hydrogen-bond donors (Lipinski definition) is 2. The Morgan fingerprint density at radius 3 is 2.83 bits per heavy atom. The topological polar surface area (TPSA) is 107 Å². The number of thioether (sulfide) groups is 1. The molecular weight excluding hydrogens is 426 g/mol. The molecule has 4 aromatic rings. The van der Waals surface area contributed by atoms with Crippen LogP contribution in [0.1, 0.15) is 0 Å². The van der Waals surface area contributed by atoms with Crippen LogP contribution in [0.3, 0.4) is 0 Å². The number of imide groups is 1. The first kappa shape index (κ1) is 18.7. The highest BCUT2D eigenvalue weighted by molar-refractivity contribution is 7.99. The Morgan fingerprint density at radius 2 is 1.93 bits per heavy atom. The van der Waals surface area contributed by atoms with Crippen molar-refractivity contribution in [2.75, 3.05) is 24.3 Å². The van der Waals surface area contributed by atoms with Gasteiger partial charge in [0.15, 0.2) is 16.7 Å². The summed E-state index contributed by atoms with van der Waals surface area (Å²) < 4.78 is 13.9. The Labute approximate surface area is 178 Å². The maximum absolute atomic E-state index is 12.2. The van der Waals surface area contributed by atoms with E-state index in [1.54, 1.807) is 18.2 Å². The fraction of sp³-hybridized carbons (Fsp3) is 0.158. The number of hydrogen-bond acceptors (Lipinski definition) is 8. The van der Waals surface area contributed by atoms with Crippen LogP contribution in [0, 0.1) is 0 Å². The normalized spacial score (nSPS) is 12.8. The molecule has 152 valence electrons. The van der Waals surface area contributed by atoms with Gasteiger partial charge in [0.1, 0.15) is 13.2 Å². The van der Waals surface area contributed by atoms with Gasteiger partial charge in [0.05, 0.1) is 16.0 Å². The number of carbonyl (C=O) groups excluding carboxylic acids is 2. The highest BCUT2D eigenvalue weighted by atomic mass is 32.2. The number of ether oxygens (including phenoxy) is 2. The maximum Gasteiger partial charge on any atom is 0.325 e. The first-order valence-corrected chi connectivity index (χ1v) is 10.8. The lowest BCUT2D eigenvalue weighted by Crippen LogP contribution is -2.35. The van der Waals surface area contributed by atoms with Crippen molar-refractivity contribution in [2.24, 2.45) is 0 Å². The van der Waals surface area contributed by atoms with E-state index in [-0.39, 0.29) is 5.75 Å². The molecule has 0 saturated carbocycles. The Kier molecular flexibility index (Phi) is 4.89. The molecule has 3 heterocycles. The van der Waals surface area contributed by atoms with Crippen molar-refractivity contribution in [2.45, 2.75) is 5.16 Å². The number of amides is 3. The number of aromatic nitrogens is 3. The molecule has 1 aliphatic heterocycles. The summed E-state index contributed by atoms with van der Waals surface area (Å²) in [5, 5.41) is 13.8. The van der Waals surface area contributed by atoms with Crippen LogP contribution in [-0.4, -0.2) is 45.5 Å². The molecule has 2 N–H and O–H groups in total. The maximum atomic E-state index is 12.2. The van der Waals surface area contributed by atoms with E-state index < -0.39 is 11.9 Å². The Balaban J connectivity index is 1.20. The predicted octanol–water partition coefficient (Wildman–Crippen LogP) is 3.16. The first-order chi connectivity index (χ1) is 14.7. The number of fused-ring (bicyclic) bond motifs is 4. The molecule has 0 bridgehead atoms. The van der Waals surface area contributed by atoms with Crippen molar-refractivity contribution >= 4 is 55.9 Å². The zero-order valence-corrected chi connectivity index (χ0v) is 17.1. The first-order valence-electron chi connectivity index (χ1n) is 9.03. The van der Waals surface area contributed by atoms with Crippen LogP contribution in [0.4, 0.5) is 10.5 Å². The van der Waals surface area contributed by atoms with Crippen LogP contribution in [0.15, 0.2) is 47.6 Å². The number of carbonyl (C=O) groups is 2. The highest BCUT2D eigenvalue weighted by Crippen LogP contribution is 2.32. The van der Waals surface area contributed by atoms with Gasteiger partial charge < -0.3 is 14.8 Å². The summed E-state index contributed by atoms with van der Waals surface area (Å²) in [6.07, 6.45) is 0. The Bertz CT molecular complexity index is 1270. The minimum absolute atomic E-state index is 0.0273. The summed E-state index contributed by atoms with van der Waals surface area (Å²) in [7, 11) is 0. The molecule has 5 rings (SSSR count). The van der Waals surface area contributed by atoms with E-state index in [1.165, 1.54) is 23.1 Å². The number of para-hydroxylation sites is 1. The van der Waals surface area contributed by atoms with Crippen molar-refractivity contribution in [3.63, 3.8) is 0 Å². The van der Waals surface area contributed by atoms with E-state index in [2.05, 4.69) is 20.8 Å². The average molecular weight is 441 g/mol. The van der Waals surface area contributed by atoms with Gasteiger partial charge in [0, 0.05) is 11.8 Å². The third kappa shape index (κ3) is 3.64. The van der Waals surface area contributed by atoms with Gasteiger partial charge in [0.25, 0.3) is 0 Å². The summed E-state index contributed by atoms with van der Waals surface area (Å²) in [4.78, 5) is 25.1. The second-order valence-electron chi connectivity index (χ2n) is 6.32. The van der Waals surface area contributed by atoms with Crippen LogP contribution in [0.2, 0.25) is 0 Å². The smallest absolute Gasteiger partial charge is 0.325 e. The van der Waals surface area contributed by atoms with Crippen LogP contribution < -0.4 is 20.1 Å². The van der Waals surface area contributed by atoms with Gasteiger partial charge in [-0.1, -0.05) is 35.2 Å². The molecule has 0 saturated heterocycles. The number of rotatable bonds is 4. The molecule has 0 radical (unpaired) electrons. The number of anilines is 1. The minimum atomic E-state index is -0.621. The lowest BCUT2D eigenvalue weighted by molar-refractivity contribution is -0.117. The number of nitrogens with zero attached hydrogens (tertiary/aromatic N) is 3. The largest absolute Gasteiger partial charge is 0.486 e. The van der Waals surface area contributed by atoms with Gasteiger partial charge in [-0.2, -0.15) is 0 Å². The number of urea groups is 1. The molecule has 1 aliphatic rings. The second-order valence-corrected chi connectivity index (χ2v) is 8.27. The second kappa shape index (κ2) is 7.84.